The van der Waals surface area contributed by atoms with Crippen LogP contribution in [0, 0.1) is 11.3 Å². The first-order chi connectivity index (χ1) is 15.3. The molecule has 6 nitrogen and oxygen atoms in total. The van der Waals surface area contributed by atoms with E-state index in [0.29, 0.717) is 24.2 Å². The maximum absolute atomic E-state index is 13.9. The van der Waals surface area contributed by atoms with Crippen molar-refractivity contribution in [1.29, 1.82) is 5.26 Å². The molecule has 32 heavy (non-hydrogen) atoms. The molecule has 1 saturated heterocycles. The summed E-state index contributed by atoms with van der Waals surface area (Å²) in [6.07, 6.45) is 2.43. The quantitative estimate of drug-likeness (QED) is 0.646. The van der Waals surface area contributed by atoms with E-state index in [0.717, 1.165) is 30.0 Å². The van der Waals surface area contributed by atoms with E-state index in [4.69, 9.17) is 5.73 Å². The van der Waals surface area contributed by atoms with Gasteiger partial charge in [0.15, 0.2) is 0 Å². The molecule has 0 bridgehead atoms. The fraction of sp³-hybridized carbons (Fsp3) is 0.280. The van der Waals surface area contributed by atoms with Crippen molar-refractivity contribution in [2.75, 3.05) is 13.1 Å². The lowest BCUT2D eigenvalue weighted by atomic mass is 10.0. The summed E-state index contributed by atoms with van der Waals surface area (Å²) in [4.78, 5) is 13.0. The van der Waals surface area contributed by atoms with Crippen LogP contribution in [0.3, 0.4) is 0 Å². The van der Waals surface area contributed by atoms with Crippen LogP contribution in [0.25, 0.3) is 10.8 Å². The summed E-state index contributed by atoms with van der Waals surface area (Å²) in [7, 11) is -4.25. The first-order valence-electron chi connectivity index (χ1n) is 10.7. The highest BCUT2D eigenvalue weighted by molar-refractivity contribution is 7.93. The van der Waals surface area contributed by atoms with Gasteiger partial charge in [0.1, 0.15) is 0 Å². The maximum atomic E-state index is 13.9. The van der Waals surface area contributed by atoms with Gasteiger partial charge in [0, 0.05) is 19.5 Å². The van der Waals surface area contributed by atoms with E-state index < -0.39 is 20.6 Å². The molecule has 3 aromatic carbocycles. The Morgan fingerprint density at radius 3 is 2.41 bits per heavy atom. The number of fused-ring (bicyclic) bond motifs is 1. The fourth-order valence-electron chi connectivity index (χ4n) is 4.25. The zero-order valence-corrected chi connectivity index (χ0v) is 18.5. The summed E-state index contributed by atoms with van der Waals surface area (Å²) < 4.78 is 27.8. The number of carbonyl (C=O) groups excluding carboxylic acids is 1. The van der Waals surface area contributed by atoms with Crippen molar-refractivity contribution < 1.29 is 13.2 Å². The topological polar surface area (TPSA) is 104 Å². The normalized spacial score (nSPS) is 16.3. The third kappa shape index (κ3) is 3.99. The largest absolute Gasteiger partial charge is 0.340 e. The summed E-state index contributed by atoms with van der Waals surface area (Å²) in [6.45, 7) is 0.979. The Hall–Kier alpha value is -3.21. The number of sulfone groups is 1. The van der Waals surface area contributed by atoms with Crippen molar-refractivity contribution >= 4 is 26.5 Å². The molecule has 0 saturated carbocycles. The van der Waals surface area contributed by atoms with E-state index in [-0.39, 0.29) is 11.3 Å². The minimum atomic E-state index is -4.25. The second kappa shape index (κ2) is 8.73. The molecule has 0 aromatic heterocycles. The minimum absolute atomic E-state index is 0.0143. The molecule has 1 aliphatic heterocycles. The van der Waals surface area contributed by atoms with Gasteiger partial charge in [-0.15, -0.1) is 0 Å². The van der Waals surface area contributed by atoms with Crippen LogP contribution in [0.15, 0.2) is 71.6 Å². The second-order valence-corrected chi connectivity index (χ2v) is 10.5. The van der Waals surface area contributed by atoms with Crippen molar-refractivity contribution in [3.63, 3.8) is 0 Å². The number of likely N-dealkylation sites (tertiary alicyclic amines) is 1. The van der Waals surface area contributed by atoms with Gasteiger partial charge in [-0.1, -0.05) is 42.5 Å². The molecule has 0 unspecified atom stereocenters. The molecule has 2 N–H and O–H groups in total. The Kier molecular flexibility index (Phi) is 6.00. The van der Waals surface area contributed by atoms with Gasteiger partial charge >= 0.3 is 0 Å². The standard InChI is InChI=1S/C25H25N3O3S/c26-18-20-8-6-7-19(15-20)17-25(27,24(29)28-13-4-1-5-14-28)32(30,31)23-12-11-21-9-2-3-10-22(21)16-23/h2-3,6-12,15-16H,1,4-5,13-14,17,27H2/t25-/m1/s1. The predicted molar refractivity (Wildman–Crippen MR) is 123 cm³/mol. The molecule has 0 spiro atoms. The third-order valence-corrected chi connectivity index (χ3v) is 8.19. The molecule has 1 fully saturated rings. The van der Waals surface area contributed by atoms with Gasteiger partial charge in [-0.05, 0) is 59.9 Å². The van der Waals surface area contributed by atoms with E-state index in [1.165, 1.54) is 6.07 Å². The lowest BCUT2D eigenvalue weighted by Crippen LogP contribution is -2.62. The smallest absolute Gasteiger partial charge is 0.259 e. The van der Waals surface area contributed by atoms with E-state index >= 15 is 0 Å². The van der Waals surface area contributed by atoms with Crippen LogP contribution in [0.2, 0.25) is 0 Å². The first-order valence-corrected chi connectivity index (χ1v) is 12.1. The highest BCUT2D eigenvalue weighted by Crippen LogP contribution is 2.31. The number of benzene rings is 3. The Morgan fingerprint density at radius 2 is 1.69 bits per heavy atom. The van der Waals surface area contributed by atoms with Crippen molar-refractivity contribution in [2.24, 2.45) is 5.73 Å². The lowest BCUT2D eigenvalue weighted by Gasteiger charge is -2.36. The van der Waals surface area contributed by atoms with Crippen LogP contribution in [0.1, 0.15) is 30.4 Å². The van der Waals surface area contributed by atoms with Gasteiger partial charge in [0.25, 0.3) is 5.91 Å². The number of piperidine rings is 1. The van der Waals surface area contributed by atoms with Crippen LogP contribution in [0.5, 0.6) is 0 Å². The Bertz CT molecular complexity index is 1310. The number of amides is 1. The molecule has 1 atom stereocenters. The molecular formula is C25H25N3O3S. The van der Waals surface area contributed by atoms with Gasteiger partial charge in [-0.3, -0.25) is 4.79 Å². The molecule has 164 valence electrons. The summed E-state index contributed by atoms with van der Waals surface area (Å²) in [5.74, 6) is -0.590. The molecule has 4 rings (SSSR count). The van der Waals surface area contributed by atoms with Crippen molar-refractivity contribution in [3.05, 3.63) is 77.9 Å². The number of rotatable bonds is 5. The lowest BCUT2D eigenvalue weighted by molar-refractivity contribution is -0.134. The number of hydrogen-bond acceptors (Lipinski definition) is 5. The number of nitrogens with zero attached hydrogens (tertiary/aromatic N) is 2. The first kappa shape index (κ1) is 22.0. The Balaban J connectivity index is 1.82. The Morgan fingerprint density at radius 1 is 0.969 bits per heavy atom. The van der Waals surface area contributed by atoms with E-state index in [1.807, 2.05) is 24.3 Å². The number of nitrogens with two attached hydrogens (primary N) is 1. The van der Waals surface area contributed by atoms with Crippen molar-refractivity contribution in [1.82, 2.24) is 4.90 Å². The summed E-state index contributed by atoms with van der Waals surface area (Å²) in [5.41, 5.74) is 7.50. The SMILES string of the molecule is N#Cc1cccc(C[C@](N)(C(=O)N2CCCCC2)S(=O)(=O)c2ccc3ccccc3c2)c1. The van der Waals surface area contributed by atoms with E-state index in [1.54, 1.807) is 41.3 Å². The van der Waals surface area contributed by atoms with Crippen molar-refractivity contribution in [3.8, 4) is 6.07 Å². The van der Waals surface area contributed by atoms with Crippen LogP contribution in [-0.2, 0) is 21.1 Å². The van der Waals surface area contributed by atoms with Gasteiger partial charge in [0.05, 0.1) is 16.5 Å². The third-order valence-electron chi connectivity index (χ3n) is 6.04. The summed E-state index contributed by atoms with van der Waals surface area (Å²) in [5, 5.41) is 10.9. The minimum Gasteiger partial charge on any atom is -0.340 e. The zero-order chi connectivity index (χ0) is 22.8. The highest BCUT2D eigenvalue weighted by atomic mass is 32.2. The summed E-state index contributed by atoms with van der Waals surface area (Å²) in [6, 6.07) is 20.9. The average Bonchev–Trinajstić information content (AvgIpc) is 2.83. The number of hydrogen-bond donors (Lipinski definition) is 1. The van der Waals surface area contributed by atoms with E-state index in [2.05, 4.69) is 6.07 Å². The highest BCUT2D eigenvalue weighted by Gasteiger charge is 2.50. The average molecular weight is 448 g/mol. The van der Waals surface area contributed by atoms with Gasteiger partial charge < -0.3 is 10.6 Å². The van der Waals surface area contributed by atoms with E-state index in [9.17, 15) is 18.5 Å². The molecule has 3 aromatic rings. The zero-order valence-electron chi connectivity index (χ0n) is 17.7. The molecule has 7 heteroatoms. The number of carbonyl (C=O) groups is 1. The Labute approximate surface area is 188 Å². The monoisotopic (exact) mass is 447 g/mol. The summed E-state index contributed by atoms with van der Waals surface area (Å²) >= 11 is 0. The van der Waals surface area contributed by atoms with Crippen LogP contribution < -0.4 is 5.73 Å². The van der Waals surface area contributed by atoms with Crippen LogP contribution in [-0.4, -0.2) is 37.2 Å². The molecule has 1 heterocycles. The second-order valence-electron chi connectivity index (χ2n) is 8.24. The molecule has 0 radical (unpaired) electrons. The van der Waals surface area contributed by atoms with Gasteiger partial charge in [-0.25, -0.2) is 8.42 Å². The number of nitriles is 1. The van der Waals surface area contributed by atoms with Crippen LogP contribution >= 0.6 is 0 Å². The fourth-order valence-corrected chi connectivity index (χ4v) is 5.91. The predicted octanol–water partition coefficient (Wildman–Crippen LogP) is 3.40. The molecule has 1 aliphatic rings. The van der Waals surface area contributed by atoms with Crippen molar-refractivity contribution in [2.45, 2.75) is 35.4 Å². The molecular weight excluding hydrogens is 422 g/mol. The molecule has 1 amide bonds. The van der Waals surface area contributed by atoms with Crippen LogP contribution in [0.4, 0.5) is 0 Å². The van der Waals surface area contributed by atoms with Gasteiger partial charge in [0.2, 0.25) is 14.7 Å². The maximum Gasteiger partial charge on any atom is 0.259 e. The van der Waals surface area contributed by atoms with Gasteiger partial charge in [-0.2, -0.15) is 5.26 Å². The molecule has 0 aliphatic carbocycles.